The molecule has 0 aromatic carbocycles. The topological polar surface area (TPSA) is 71.8 Å². The molecule has 0 N–H and O–H groups in total. The highest BCUT2D eigenvalue weighted by molar-refractivity contribution is 5.71. The van der Waals surface area contributed by atoms with Gasteiger partial charge in [0.15, 0.2) is 0 Å². The third-order valence-electron chi connectivity index (χ3n) is 3.37. The number of nitriles is 1. The summed E-state index contributed by atoms with van der Waals surface area (Å²) in [5.74, 6) is 0. The van der Waals surface area contributed by atoms with Crippen molar-refractivity contribution in [3.63, 3.8) is 0 Å². The molecular formula is C14H11F3N6. The zero-order valence-corrected chi connectivity index (χ0v) is 12.2. The molecule has 0 saturated heterocycles. The highest BCUT2D eigenvalue weighted by Crippen LogP contribution is 2.36. The molecule has 6 nitrogen and oxygen atoms in total. The predicted octanol–water partition coefficient (Wildman–Crippen LogP) is 3.06. The standard InChI is InChI=1S/C14H11F3N6/c1-8(2)22-7-12(20-21-22)9-3-11(14(15,16)17)13-10(4-18)5-19-23(13)6-9/h3,5-8H,1-2H3. The Morgan fingerprint density at radius 1 is 1.26 bits per heavy atom. The van der Waals surface area contributed by atoms with Crippen molar-refractivity contribution in [2.24, 2.45) is 0 Å². The summed E-state index contributed by atoms with van der Waals surface area (Å²) in [5.41, 5.74) is -0.790. The molecule has 118 valence electrons. The van der Waals surface area contributed by atoms with Crippen LogP contribution in [0.1, 0.15) is 31.0 Å². The van der Waals surface area contributed by atoms with Crippen molar-refractivity contribution in [2.45, 2.75) is 26.1 Å². The molecule has 0 atom stereocenters. The monoisotopic (exact) mass is 320 g/mol. The van der Waals surface area contributed by atoms with Crippen molar-refractivity contribution >= 4 is 5.52 Å². The number of hydrogen-bond donors (Lipinski definition) is 0. The van der Waals surface area contributed by atoms with Gasteiger partial charge in [-0.3, -0.25) is 0 Å². The smallest absolute Gasteiger partial charge is 0.249 e. The van der Waals surface area contributed by atoms with E-state index in [1.54, 1.807) is 16.9 Å². The number of halogens is 3. The largest absolute Gasteiger partial charge is 0.418 e. The summed E-state index contributed by atoms with van der Waals surface area (Å²) in [4.78, 5) is 0. The van der Waals surface area contributed by atoms with Crippen LogP contribution in [0.25, 0.3) is 16.8 Å². The molecule has 0 radical (unpaired) electrons. The molecule has 9 heteroatoms. The van der Waals surface area contributed by atoms with E-state index in [1.165, 1.54) is 6.20 Å². The fraction of sp³-hybridized carbons (Fsp3) is 0.286. The Balaban J connectivity index is 2.25. The molecule has 0 saturated carbocycles. The summed E-state index contributed by atoms with van der Waals surface area (Å²) in [6.45, 7) is 3.77. The summed E-state index contributed by atoms with van der Waals surface area (Å²) >= 11 is 0. The van der Waals surface area contributed by atoms with Gasteiger partial charge in [-0.2, -0.15) is 23.5 Å². The van der Waals surface area contributed by atoms with E-state index in [2.05, 4.69) is 15.4 Å². The Hall–Kier alpha value is -2.89. The first kappa shape index (κ1) is 15.0. The Kier molecular flexibility index (Phi) is 3.32. The van der Waals surface area contributed by atoms with Crippen molar-refractivity contribution < 1.29 is 13.2 Å². The van der Waals surface area contributed by atoms with Gasteiger partial charge in [-0.25, -0.2) is 9.20 Å². The molecule has 0 aliphatic heterocycles. The number of nitrogens with zero attached hydrogens (tertiary/aromatic N) is 6. The first-order chi connectivity index (χ1) is 10.8. The summed E-state index contributed by atoms with van der Waals surface area (Å²) in [6.07, 6.45) is -0.531. The first-order valence-electron chi connectivity index (χ1n) is 6.72. The zero-order valence-electron chi connectivity index (χ0n) is 12.2. The zero-order chi connectivity index (χ0) is 16.8. The van der Waals surface area contributed by atoms with Gasteiger partial charge in [0.25, 0.3) is 0 Å². The highest BCUT2D eigenvalue weighted by atomic mass is 19.4. The van der Waals surface area contributed by atoms with Crippen LogP contribution in [0.5, 0.6) is 0 Å². The first-order valence-corrected chi connectivity index (χ1v) is 6.72. The Bertz CT molecular complexity index is 913. The lowest BCUT2D eigenvalue weighted by Gasteiger charge is -2.10. The van der Waals surface area contributed by atoms with Crippen molar-refractivity contribution in [1.29, 1.82) is 5.26 Å². The van der Waals surface area contributed by atoms with Crippen molar-refractivity contribution in [3.05, 3.63) is 35.8 Å². The van der Waals surface area contributed by atoms with Gasteiger partial charge in [0.05, 0.1) is 29.0 Å². The average Bonchev–Trinajstić information content (AvgIpc) is 3.11. The maximum Gasteiger partial charge on any atom is 0.418 e. The van der Waals surface area contributed by atoms with E-state index in [4.69, 9.17) is 5.26 Å². The van der Waals surface area contributed by atoms with Crippen LogP contribution < -0.4 is 0 Å². The fourth-order valence-electron chi connectivity index (χ4n) is 2.22. The van der Waals surface area contributed by atoms with E-state index in [0.717, 1.165) is 16.8 Å². The Labute approximate surface area is 128 Å². The number of aromatic nitrogens is 5. The molecule has 3 aromatic heterocycles. The molecule has 3 rings (SSSR count). The summed E-state index contributed by atoms with van der Waals surface area (Å²) in [6, 6.07) is 2.73. The van der Waals surface area contributed by atoms with E-state index in [-0.39, 0.29) is 22.7 Å². The SMILES string of the molecule is CC(C)n1cc(-c2cc(C(F)(F)F)c3c(C#N)cnn3c2)nn1. The molecule has 0 bridgehead atoms. The van der Waals surface area contributed by atoms with Crippen LogP contribution in [0.4, 0.5) is 13.2 Å². The maximum absolute atomic E-state index is 13.3. The van der Waals surface area contributed by atoms with Gasteiger partial charge in [-0.15, -0.1) is 5.10 Å². The maximum atomic E-state index is 13.3. The van der Waals surface area contributed by atoms with Crippen molar-refractivity contribution in [2.75, 3.05) is 0 Å². The van der Waals surface area contributed by atoms with Gasteiger partial charge in [0, 0.05) is 17.8 Å². The molecule has 0 aliphatic carbocycles. The number of hydrogen-bond acceptors (Lipinski definition) is 4. The van der Waals surface area contributed by atoms with E-state index in [9.17, 15) is 13.2 Å². The predicted molar refractivity (Wildman–Crippen MR) is 74.3 cm³/mol. The number of fused-ring (bicyclic) bond motifs is 1. The Morgan fingerprint density at radius 2 is 2.00 bits per heavy atom. The molecule has 0 aliphatic rings. The second kappa shape index (κ2) is 5.08. The quantitative estimate of drug-likeness (QED) is 0.727. The van der Waals surface area contributed by atoms with E-state index in [1.807, 2.05) is 13.8 Å². The van der Waals surface area contributed by atoms with Crippen molar-refractivity contribution in [3.8, 4) is 17.3 Å². The minimum absolute atomic E-state index is 0.0389. The number of pyridine rings is 1. The van der Waals surface area contributed by atoms with Gasteiger partial charge < -0.3 is 0 Å². The van der Waals surface area contributed by atoms with Gasteiger partial charge in [-0.1, -0.05) is 5.21 Å². The van der Waals surface area contributed by atoms with E-state index < -0.39 is 11.7 Å². The average molecular weight is 320 g/mol. The molecule has 0 fully saturated rings. The summed E-state index contributed by atoms with van der Waals surface area (Å²) in [5, 5.41) is 20.6. The van der Waals surface area contributed by atoms with Gasteiger partial charge >= 0.3 is 6.18 Å². The van der Waals surface area contributed by atoms with Crippen LogP contribution in [0.2, 0.25) is 0 Å². The molecule has 0 spiro atoms. The van der Waals surface area contributed by atoms with Gasteiger partial charge in [-0.05, 0) is 19.9 Å². The second-order valence-corrected chi connectivity index (χ2v) is 5.28. The van der Waals surface area contributed by atoms with Crippen molar-refractivity contribution in [1.82, 2.24) is 24.6 Å². The number of alkyl halides is 3. The molecule has 3 heterocycles. The van der Waals surface area contributed by atoms with E-state index >= 15 is 0 Å². The molecule has 3 aromatic rings. The third-order valence-corrected chi connectivity index (χ3v) is 3.37. The van der Waals surface area contributed by atoms with Crippen LogP contribution in [-0.4, -0.2) is 24.6 Å². The minimum atomic E-state index is -4.61. The molecule has 0 unspecified atom stereocenters. The van der Waals surface area contributed by atoms with Crippen LogP contribution in [0.15, 0.2) is 24.7 Å². The summed E-state index contributed by atoms with van der Waals surface area (Å²) in [7, 11) is 0. The second-order valence-electron chi connectivity index (χ2n) is 5.28. The lowest BCUT2D eigenvalue weighted by atomic mass is 10.1. The summed E-state index contributed by atoms with van der Waals surface area (Å²) < 4.78 is 42.6. The van der Waals surface area contributed by atoms with Crippen LogP contribution in [0, 0.1) is 11.3 Å². The van der Waals surface area contributed by atoms with Crippen LogP contribution in [-0.2, 0) is 6.18 Å². The lowest BCUT2D eigenvalue weighted by molar-refractivity contribution is -0.136. The molecule has 23 heavy (non-hydrogen) atoms. The van der Waals surface area contributed by atoms with E-state index in [0.29, 0.717) is 5.69 Å². The fourth-order valence-corrected chi connectivity index (χ4v) is 2.22. The highest BCUT2D eigenvalue weighted by Gasteiger charge is 2.35. The Morgan fingerprint density at radius 3 is 2.57 bits per heavy atom. The van der Waals surface area contributed by atoms with Gasteiger partial charge in [0.2, 0.25) is 0 Å². The minimum Gasteiger partial charge on any atom is -0.249 e. The molecular weight excluding hydrogens is 309 g/mol. The van der Waals surface area contributed by atoms with Crippen LogP contribution in [0.3, 0.4) is 0 Å². The molecule has 0 amide bonds. The lowest BCUT2D eigenvalue weighted by Crippen LogP contribution is -2.09. The van der Waals surface area contributed by atoms with Crippen LogP contribution >= 0.6 is 0 Å². The number of rotatable bonds is 2. The normalized spacial score (nSPS) is 12.0. The third kappa shape index (κ3) is 2.52. The van der Waals surface area contributed by atoms with Gasteiger partial charge in [0.1, 0.15) is 11.8 Å².